The van der Waals surface area contributed by atoms with Crippen LogP contribution in [0.4, 0.5) is 0 Å². The summed E-state index contributed by atoms with van der Waals surface area (Å²) in [7, 11) is 0. The molecular formula is C24H46O5. The van der Waals surface area contributed by atoms with Gasteiger partial charge in [0.1, 0.15) is 24.4 Å². The molecule has 29 heavy (non-hydrogen) atoms. The van der Waals surface area contributed by atoms with Crippen LogP contribution in [0.25, 0.3) is 0 Å². The summed E-state index contributed by atoms with van der Waals surface area (Å²) in [4.78, 5) is 0. The highest BCUT2D eigenvalue weighted by Gasteiger charge is 2.40. The van der Waals surface area contributed by atoms with Gasteiger partial charge in [-0.05, 0) is 25.7 Å². The molecule has 0 saturated carbocycles. The van der Waals surface area contributed by atoms with Gasteiger partial charge in [-0.25, -0.2) is 0 Å². The number of rotatable bonds is 19. The number of ether oxygens (including phenoxy) is 2. The predicted octanol–water partition coefficient (Wildman–Crippen LogP) is 4.52. The zero-order chi connectivity index (χ0) is 21.2. The molecular weight excluding hydrogens is 368 g/mol. The standard InChI is InChI=1S/C24H46O5/c1-2-3-4-5-6-7-8-9-10-11-12-13-14-15-16-17-18-28-24-22(27)20-29-23(24)21(26)19-25/h4-5,21-27H,2-3,6-20H2,1H3/b5-4+/t21-,22+,23+,24+/m1/s1. The second kappa shape index (κ2) is 18.3. The van der Waals surface area contributed by atoms with Crippen LogP contribution in [0.3, 0.4) is 0 Å². The van der Waals surface area contributed by atoms with Crippen LogP contribution in [0.2, 0.25) is 0 Å². The lowest BCUT2D eigenvalue weighted by molar-refractivity contribution is -0.0938. The normalized spacial score (nSPS) is 23.2. The molecule has 5 nitrogen and oxygen atoms in total. The Kier molecular flexibility index (Phi) is 16.8. The summed E-state index contributed by atoms with van der Waals surface area (Å²) >= 11 is 0. The predicted molar refractivity (Wildman–Crippen MR) is 118 cm³/mol. The van der Waals surface area contributed by atoms with Gasteiger partial charge in [-0.1, -0.05) is 83.3 Å². The van der Waals surface area contributed by atoms with Crippen molar-refractivity contribution in [1.82, 2.24) is 0 Å². The van der Waals surface area contributed by atoms with E-state index in [2.05, 4.69) is 19.1 Å². The minimum Gasteiger partial charge on any atom is -0.394 e. The van der Waals surface area contributed by atoms with Gasteiger partial charge in [0, 0.05) is 6.61 Å². The fourth-order valence-electron chi connectivity index (χ4n) is 3.84. The van der Waals surface area contributed by atoms with Gasteiger partial charge in [-0.2, -0.15) is 0 Å². The topological polar surface area (TPSA) is 79.2 Å². The lowest BCUT2D eigenvalue weighted by Gasteiger charge is -2.23. The fraction of sp³-hybridized carbons (Fsp3) is 0.917. The van der Waals surface area contributed by atoms with Crippen molar-refractivity contribution < 1.29 is 24.8 Å². The van der Waals surface area contributed by atoms with Crippen LogP contribution >= 0.6 is 0 Å². The Hall–Kier alpha value is -0.460. The molecule has 5 heteroatoms. The van der Waals surface area contributed by atoms with E-state index in [1.807, 2.05) is 0 Å². The van der Waals surface area contributed by atoms with Crippen molar-refractivity contribution in [2.24, 2.45) is 0 Å². The third kappa shape index (κ3) is 12.7. The van der Waals surface area contributed by atoms with E-state index >= 15 is 0 Å². The molecule has 0 radical (unpaired) electrons. The Morgan fingerprint density at radius 2 is 1.45 bits per heavy atom. The average Bonchev–Trinajstić information content (AvgIpc) is 3.10. The number of hydrogen-bond donors (Lipinski definition) is 3. The van der Waals surface area contributed by atoms with Gasteiger partial charge in [-0.15, -0.1) is 0 Å². The van der Waals surface area contributed by atoms with Crippen molar-refractivity contribution in [3.8, 4) is 0 Å². The van der Waals surface area contributed by atoms with Gasteiger partial charge in [0.2, 0.25) is 0 Å². The molecule has 1 heterocycles. The third-order valence-corrected chi connectivity index (χ3v) is 5.68. The second-order valence-corrected chi connectivity index (χ2v) is 8.39. The smallest absolute Gasteiger partial charge is 0.114 e. The van der Waals surface area contributed by atoms with E-state index in [1.165, 1.54) is 77.0 Å². The summed E-state index contributed by atoms with van der Waals surface area (Å²) in [6, 6.07) is 0. The Labute approximate surface area is 178 Å². The van der Waals surface area contributed by atoms with Crippen LogP contribution in [0.1, 0.15) is 96.8 Å². The Bertz CT molecular complexity index is 387. The molecule has 4 atom stereocenters. The molecule has 3 N–H and O–H groups in total. The molecule has 0 aromatic carbocycles. The van der Waals surface area contributed by atoms with Gasteiger partial charge in [0.05, 0.1) is 13.2 Å². The van der Waals surface area contributed by atoms with E-state index in [0.29, 0.717) is 6.61 Å². The molecule has 0 amide bonds. The van der Waals surface area contributed by atoms with Crippen LogP contribution in [-0.4, -0.2) is 59.6 Å². The molecule has 1 aliphatic heterocycles. The molecule has 1 saturated heterocycles. The summed E-state index contributed by atoms with van der Waals surface area (Å²) in [5.41, 5.74) is 0. The van der Waals surface area contributed by atoms with Gasteiger partial charge in [0.25, 0.3) is 0 Å². The van der Waals surface area contributed by atoms with Crippen molar-refractivity contribution in [3.63, 3.8) is 0 Å². The quantitative estimate of drug-likeness (QED) is 0.214. The maximum absolute atomic E-state index is 9.89. The molecule has 1 rings (SSSR count). The number of allylic oxidation sites excluding steroid dienone is 2. The zero-order valence-corrected chi connectivity index (χ0v) is 18.6. The monoisotopic (exact) mass is 414 g/mol. The van der Waals surface area contributed by atoms with E-state index < -0.39 is 24.4 Å². The van der Waals surface area contributed by atoms with Crippen molar-refractivity contribution in [2.75, 3.05) is 19.8 Å². The number of aliphatic hydroxyl groups excluding tert-OH is 3. The average molecular weight is 415 g/mol. The SMILES string of the molecule is CCC/C=C/CCCCCCCCCCCCCO[C@@H]1[C@H]([C@H](O)CO)OC[C@@H]1O. The third-order valence-electron chi connectivity index (χ3n) is 5.68. The van der Waals surface area contributed by atoms with Gasteiger partial charge >= 0.3 is 0 Å². The first-order valence-corrected chi connectivity index (χ1v) is 12.1. The highest BCUT2D eigenvalue weighted by atomic mass is 16.6. The van der Waals surface area contributed by atoms with E-state index in [-0.39, 0.29) is 13.2 Å². The molecule has 0 aliphatic carbocycles. The molecule has 1 aliphatic rings. The number of unbranched alkanes of at least 4 members (excludes halogenated alkanes) is 12. The van der Waals surface area contributed by atoms with Crippen LogP contribution < -0.4 is 0 Å². The van der Waals surface area contributed by atoms with E-state index in [1.54, 1.807) is 0 Å². The van der Waals surface area contributed by atoms with Crippen LogP contribution in [0.5, 0.6) is 0 Å². The Morgan fingerprint density at radius 1 is 0.897 bits per heavy atom. The van der Waals surface area contributed by atoms with Crippen LogP contribution in [0.15, 0.2) is 12.2 Å². The number of hydrogen-bond acceptors (Lipinski definition) is 5. The second-order valence-electron chi connectivity index (χ2n) is 8.39. The van der Waals surface area contributed by atoms with Crippen LogP contribution in [-0.2, 0) is 9.47 Å². The summed E-state index contributed by atoms with van der Waals surface area (Å²) in [6.07, 6.45) is 19.6. The van der Waals surface area contributed by atoms with Crippen molar-refractivity contribution in [1.29, 1.82) is 0 Å². The van der Waals surface area contributed by atoms with Crippen molar-refractivity contribution >= 4 is 0 Å². The molecule has 1 fully saturated rings. The highest BCUT2D eigenvalue weighted by molar-refractivity contribution is 4.89. The minimum atomic E-state index is -1.00. The van der Waals surface area contributed by atoms with Crippen LogP contribution in [0, 0.1) is 0 Å². The largest absolute Gasteiger partial charge is 0.394 e. The summed E-state index contributed by atoms with van der Waals surface area (Å²) in [5.74, 6) is 0. The van der Waals surface area contributed by atoms with Gasteiger partial charge in [-0.3, -0.25) is 0 Å². The molecule has 0 spiro atoms. The van der Waals surface area contributed by atoms with Crippen molar-refractivity contribution in [2.45, 2.75) is 121 Å². The highest BCUT2D eigenvalue weighted by Crippen LogP contribution is 2.21. The number of aliphatic hydroxyl groups is 3. The maximum atomic E-state index is 9.89. The van der Waals surface area contributed by atoms with E-state index in [0.717, 1.165) is 12.8 Å². The Morgan fingerprint density at radius 3 is 2.03 bits per heavy atom. The van der Waals surface area contributed by atoms with E-state index in [4.69, 9.17) is 14.6 Å². The summed E-state index contributed by atoms with van der Waals surface area (Å²) in [5, 5.41) is 28.7. The lowest BCUT2D eigenvalue weighted by atomic mass is 10.0. The Balaban J connectivity index is 1.84. The lowest BCUT2D eigenvalue weighted by Crippen LogP contribution is -2.42. The summed E-state index contributed by atoms with van der Waals surface area (Å²) < 4.78 is 11.0. The molecule has 0 bridgehead atoms. The first-order valence-electron chi connectivity index (χ1n) is 12.1. The minimum absolute atomic E-state index is 0.155. The van der Waals surface area contributed by atoms with Gasteiger partial charge in [0.15, 0.2) is 0 Å². The van der Waals surface area contributed by atoms with E-state index in [9.17, 15) is 10.2 Å². The molecule has 0 unspecified atom stereocenters. The fourth-order valence-corrected chi connectivity index (χ4v) is 3.84. The van der Waals surface area contributed by atoms with Crippen molar-refractivity contribution in [3.05, 3.63) is 12.2 Å². The first kappa shape index (κ1) is 26.6. The molecule has 0 aromatic rings. The summed E-state index contributed by atoms with van der Waals surface area (Å²) in [6.45, 7) is 2.56. The molecule has 0 aromatic heterocycles. The molecule has 172 valence electrons. The zero-order valence-electron chi connectivity index (χ0n) is 18.6. The first-order chi connectivity index (χ1) is 14.2. The van der Waals surface area contributed by atoms with Gasteiger partial charge < -0.3 is 24.8 Å². The maximum Gasteiger partial charge on any atom is 0.114 e.